The van der Waals surface area contributed by atoms with E-state index in [1.54, 1.807) is 6.07 Å². The summed E-state index contributed by atoms with van der Waals surface area (Å²) in [5.41, 5.74) is 4.13. The Morgan fingerprint density at radius 3 is 2.70 bits per heavy atom. The largest absolute Gasteiger partial charge is 0.406 e. The molecule has 0 amide bonds. The smallest absolute Gasteiger partial charge is 0.225 e. The molecule has 11 heteroatoms. The van der Waals surface area contributed by atoms with Crippen LogP contribution in [-0.4, -0.2) is 69.3 Å². The van der Waals surface area contributed by atoms with E-state index in [4.69, 9.17) is 26.2 Å². The molecule has 0 aliphatic carbocycles. The highest BCUT2D eigenvalue weighted by Gasteiger charge is 2.60. The lowest BCUT2D eigenvalue weighted by molar-refractivity contribution is -0.0843. The van der Waals surface area contributed by atoms with Crippen molar-refractivity contribution in [3.63, 3.8) is 0 Å². The summed E-state index contributed by atoms with van der Waals surface area (Å²) < 4.78 is 6.64. The van der Waals surface area contributed by atoms with Gasteiger partial charge in [-0.25, -0.2) is 9.50 Å². The molecule has 1 saturated heterocycles. The van der Waals surface area contributed by atoms with Crippen LogP contribution in [-0.2, 0) is 10.3 Å². The maximum Gasteiger partial charge on any atom is 0.225 e. The Balaban J connectivity index is 2.19. The molecule has 0 spiro atoms. The molecule has 1 aliphatic rings. The van der Waals surface area contributed by atoms with Crippen LogP contribution in [0.1, 0.15) is 5.69 Å². The number of fused-ring (bicyclic) bond motifs is 1. The molecule has 0 saturated carbocycles. The highest BCUT2D eigenvalue weighted by molar-refractivity contribution is 6.39. The maximum absolute atomic E-state index is 10.3. The Labute approximate surface area is 133 Å². The normalized spacial score (nSPS) is 31.3. The summed E-state index contributed by atoms with van der Waals surface area (Å²) in [5.74, 6) is 0.151. The third-order valence-electron chi connectivity index (χ3n) is 3.85. The van der Waals surface area contributed by atoms with Gasteiger partial charge in [0.15, 0.2) is 5.82 Å². The molecule has 0 bridgehead atoms. The average molecular weight is 311 g/mol. The molecule has 3 rings (SSSR count). The number of nitrogen functional groups attached to an aromatic ring is 1. The lowest BCUT2D eigenvalue weighted by Crippen LogP contribution is -2.50. The molecule has 23 heavy (non-hydrogen) atoms. The van der Waals surface area contributed by atoms with Crippen molar-refractivity contribution in [1.29, 1.82) is 5.26 Å². The van der Waals surface area contributed by atoms with Crippen LogP contribution >= 0.6 is 0 Å². The van der Waals surface area contributed by atoms with Gasteiger partial charge in [-0.05, 0) is 12.1 Å². The molecule has 1 fully saturated rings. The average Bonchev–Trinajstić information content (AvgIpc) is 3.02. The summed E-state index contributed by atoms with van der Waals surface area (Å²) in [5, 5.41) is 41.2. The Morgan fingerprint density at radius 1 is 1.43 bits per heavy atom. The minimum absolute atomic E-state index is 0.0856. The summed E-state index contributed by atoms with van der Waals surface area (Å²) in [6.07, 6.45) is -3.86. The first kappa shape index (κ1) is 15.8. The molecule has 114 valence electrons. The quantitative estimate of drug-likeness (QED) is 0.432. The standard InChI is InChI=1S/C12H11B2N5O4/c13-12(14,22)9-7(20)8(21)11(3-15,23-9)6-2-1-5-10(16)17-4-18-19(5)6/h1-2,4,7-9,20-22H,(H2,16,17,18)/t7-,8+,9?,11-/m0/s1. The molecule has 0 aromatic carbocycles. The van der Waals surface area contributed by atoms with Crippen molar-refractivity contribution in [2.45, 2.75) is 29.3 Å². The Morgan fingerprint density at radius 2 is 2.13 bits per heavy atom. The number of aliphatic hydroxyl groups is 3. The SMILES string of the molecule is [B]C([B])(O)C1O[C@@](C#N)(c2ccc3c(N)ncnn23)[C@H](O)[C@@H]1O. The van der Waals surface area contributed by atoms with Crippen LogP contribution in [0.4, 0.5) is 5.82 Å². The Bertz CT molecular complexity index is 801. The lowest BCUT2D eigenvalue weighted by atomic mass is 9.61. The number of nitriles is 1. The van der Waals surface area contributed by atoms with Crippen molar-refractivity contribution < 1.29 is 20.1 Å². The predicted octanol–water partition coefficient (Wildman–Crippen LogP) is -2.87. The minimum atomic E-state index is -2.46. The zero-order valence-electron chi connectivity index (χ0n) is 11.7. The summed E-state index contributed by atoms with van der Waals surface area (Å²) in [4.78, 5) is 3.81. The monoisotopic (exact) mass is 311 g/mol. The van der Waals surface area contributed by atoms with E-state index >= 15 is 0 Å². The van der Waals surface area contributed by atoms with E-state index in [2.05, 4.69) is 10.1 Å². The van der Waals surface area contributed by atoms with E-state index in [1.165, 1.54) is 16.6 Å². The van der Waals surface area contributed by atoms with E-state index in [0.717, 1.165) is 6.33 Å². The molecular formula is C12H11B2N5O4. The van der Waals surface area contributed by atoms with Crippen LogP contribution in [0, 0.1) is 11.3 Å². The highest BCUT2D eigenvalue weighted by atomic mass is 16.6. The van der Waals surface area contributed by atoms with E-state index < -0.39 is 29.3 Å². The fourth-order valence-corrected chi connectivity index (χ4v) is 2.71. The van der Waals surface area contributed by atoms with Gasteiger partial charge >= 0.3 is 0 Å². The molecule has 3 heterocycles. The second kappa shape index (κ2) is 4.94. The molecule has 1 aliphatic heterocycles. The van der Waals surface area contributed by atoms with E-state index in [0.29, 0.717) is 5.52 Å². The number of nitrogens with zero attached hydrogens (tertiary/aromatic N) is 4. The zero-order chi connectivity index (χ0) is 17.0. The van der Waals surface area contributed by atoms with Crippen LogP contribution in [0.5, 0.6) is 0 Å². The van der Waals surface area contributed by atoms with E-state index in [-0.39, 0.29) is 11.5 Å². The number of nitrogens with two attached hydrogens (primary N) is 1. The molecule has 4 radical (unpaired) electrons. The number of ether oxygens (including phenoxy) is 1. The summed E-state index contributed by atoms with van der Waals surface area (Å²) in [6.45, 7) is 0. The van der Waals surface area contributed by atoms with Crippen LogP contribution in [0.3, 0.4) is 0 Å². The number of rotatable bonds is 2. The van der Waals surface area contributed by atoms with Gasteiger partial charge in [-0.15, -0.1) is 0 Å². The number of aliphatic hydroxyl groups excluding tert-OH is 2. The third kappa shape index (κ3) is 2.11. The van der Waals surface area contributed by atoms with Crippen LogP contribution in [0.25, 0.3) is 5.52 Å². The van der Waals surface area contributed by atoms with Gasteiger partial charge in [-0.2, -0.15) is 10.4 Å². The van der Waals surface area contributed by atoms with Crippen molar-refractivity contribution in [3.05, 3.63) is 24.2 Å². The van der Waals surface area contributed by atoms with Gasteiger partial charge in [-0.3, -0.25) is 0 Å². The predicted molar refractivity (Wildman–Crippen MR) is 78.0 cm³/mol. The number of aromatic nitrogens is 3. The molecular weight excluding hydrogens is 300 g/mol. The van der Waals surface area contributed by atoms with Gasteiger partial charge in [0.05, 0.1) is 5.69 Å². The van der Waals surface area contributed by atoms with Gasteiger partial charge in [0.2, 0.25) is 5.60 Å². The second-order valence-corrected chi connectivity index (χ2v) is 5.37. The van der Waals surface area contributed by atoms with Gasteiger partial charge in [0.25, 0.3) is 0 Å². The van der Waals surface area contributed by atoms with Crippen molar-refractivity contribution in [2.75, 3.05) is 5.73 Å². The Hall–Kier alpha value is -2.12. The zero-order valence-corrected chi connectivity index (χ0v) is 11.7. The van der Waals surface area contributed by atoms with Crippen LogP contribution < -0.4 is 5.73 Å². The fourth-order valence-electron chi connectivity index (χ4n) is 2.71. The van der Waals surface area contributed by atoms with Crippen molar-refractivity contribution >= 4 is 27.0 Å². The molecule has 5 N–H and O–H groups in total. The number of anilines is 1. The lowest BCUT2D eigenvalue weighted by Gasteiger charge is -2.29. The topological polar surface area (TPSA) is 150 Å². The number of hydrogen-bond donors (Lipinski definition) is 4. The molecule has 2 aromatic heterocycles. The third-order valence-corrected chi connectivity index (χ3v) is 3.85. The van der Waals surface area contributed by atoms with Gasteiger partial charge in [0, 0.05) is 5.40 Å². The number of hydrogen-bond acceptors (Lipinski definition) is 8. The first-order chi connectivity index (χ1) is 10.7. The van der Waals surface area contributed by atoms with Crippen LogP contribution in [0.2, 0.25) is 0 Å². The first-order valence-corrected chi connectivity index (χ1v) is 6.56. The highest BCUT2D eigenvalue weighted by Crippen LogP contribution is 2.42. The molecule has 4 atom stereocenters. The maximum atomic E-state index is 10.3. The summed E-state index contributed by atoms with van der Waals surface area (Å²) in [7, 11) is 10.7. The first-order valence-electron chi connectivity index (χ1n) is 6.56. The van der Waals surface area contributed by atoms with Crippen molar-refractivity contribution in [3.8, 4) is 6.07 Å². The van der Waals surface area contributed by atoms with E-state index in [1.807, 2.05) is 0 Å². The van der Waals surface area contributed by atoms with Crippen molar-refractivity contribution in [2.24, 2.45) is 0 Å². The molecule has 2 aromatic rings. The second-order valence-electron chi connectivity index (χ2n) is 5.37. The molecule has 1 unspecified atom stereocenters. The summed E-state index contributed by atoms with van der Waals surface area (Å²) in [6, 6.07) is 4.76. The summed E-state index contributed by atoms with van der Waals surface area (Å²) >= 11 is 0. The van der Waals surface area contributed by atoms with Crippen molar-refractivity contribution in [1.82, 2.24) is 14.6 Å². The van der Waals surface area contributed by atoms with Gasteiger partial charge in [-0.1, -0.05) is 0 Å². The minimum Gasteiger partial charge on any atom is -0.406 e. The molecule has 9 nitrogen and oxygen atoms in total. The van der Waals surface area contributed by atoms with Gasteiger partial charge in [0.1, 0.15) is 51.9 Å². The van der Waals surface area contributed by atoms with Crippen LogP contribution in [0.15, 0.2) is 18.5 Å². The van der Waals surface area contributed by atoms with Gasteiger partial charge < -0.3 is 25.8 Å². The fraction of sp³-hybridized carbons (Fsp3) is 0.417. The van der Waals surface area contributed by atoms with E-state index in [9.17, 15) is 20.6 Å². The Kier molecular flexibility index (Phi) is 3.38.